The van der Waals surface area contributed by atoms with Crippen molar-refractivity contribution in [2.24, 2.45) is 11.7 Å². The maximum absolute atomic E-state index is 10.5. The fourth-order valence-electron chi connectivity index (χ4n) is 4.41. The molecule has 0 radical (unpaired) electrons. The van der Waals surface area contributed by atoms with Crippen LogP contribution in [0, 0.1) is 5.92 Å². The van der Waals surface area contributed by atoms with E-state index >= 15 is 0 Å². The second-order valence-corrected chi connectivity index (χ2v) is 7.74. The molecule has 5 atom stereocenters. The molecule has 0 unspecified atom stereocenters. The third-order valence-corrected chi connectivity index (χ3v) is 5.80. The molecule has 3 rings (SSSR count). The number of benzene rings is 1. The quantitative estimate of drug-likeness (QED) is 0.467. The number of hydrogen-bond donors (Lipinski definition) is 3. The lowest BCUT2D eigenvalue weighted by Crippen LogP contribution is -2.17. The number of hydrogen-bond acceptors (Lipinski definition) is 4. The van der Waals surface area contributed by atoms with Gasteiger partial charge in [0.15, 0.2) is 0 Å². The van der Waals surface area contributed by atoms with Gasteiger partial charge in [-0.3, -0.25) is 0 Å². The van der Waals surface area contributed by atoms with Crippen LogP contribution in [-0.4, -0.2) is 35.1 Å². The van der Waals surface area contributed by atoms with E-state index in [1.807, 2.05) is 12.2 Å². The number of aliphatic hydroxyl groups is 2. The number of fused-ring (bicyclic) bond motifs is 3. The van der Waals surface area contributed by atoms with Gasteiger partial charge in [0.2, 0.25) is 0 Å². The van der Waals surface area contributed by atoms with E-state index in [0.717, 1.165) is 44.3 Å². The van der Waals surface area contributed by atoms with Gasteiger partial charge in [-0.25, -0.2) is 0 Å². The van der Waals surface area contributed by atoms with E-state index in [4.69, 9.17) is 10.5 Å². The van der Waals surface area contributed by atoms with Gasteiger partial charge in [-0.1, -0.05) is 56.5 Å². The number of rotatable bonds is 9. The van der Waals surface area contributed by atoms with Crippen LogP contribution in [0.5, 0.6) is 5.75 Å². The highest BCUT2D eigenvalue weighted by Gasteiger charge is 2.48. The molecule has 0 bridgehead atoms. The summed E-state index contributed by atoms with van der Waals surface area (Å²) in [6.07, 6.45) is 9.76. The van der Waals surface area contributed by atoms with Gasteiger partial charge in [-0.15, -0.1) is 0 Å². The molecule has 1 aromatic rings. The number of aryl methyl sites for hydroxylation is 1. The average Bonchev–Trinajstić information content (AvgIpc) is 3.13. The molecule has 1 fully saturated rings. The molecule has 0 spiro atoms. The van der Waals surface area contributed by atoms with Crippen molar-refractivity contribution in [1.29, 1.82) is 0 Å². The van der Waals surface area contributed by atoms with Crippen molar-refractivity contribution in [3.05, 3.63) is 41.5 Å². The molecule has 0 amide bonds. The Hall–Kier alpha value is -1.36. The lowest BCUT2D eigenvalue weighted by atomic mass is 9.86. The van der Waals surface area contributed by atoms with Gasteiger partial charge in [0.05, 0.1) is 12.2 Å². The van der Waals surface area contributed by atoms with E-state index in [9.17, 15) is 10.2 Å². The zero-order valence-electron chi connectivity index (χ0n) is 15.8. The smallest absolute Gasteiger partial charge is 0.126 e. The lowest BCUT2D eigenvalue weighted by Gasteiger charge is -2.18. The van der Waals surface area contributed by atoms with Crippen molar-refractivity contribution < 1.29 is 14.9 Å². The van der Waals surface area contributed by atoms with E-state index in [-0.39, 0.29) is 17.9 Å². The van der Waals surface area contributed by atoms with Crippen molar-refractivity contribution >= 4 is 0 Å². The summed E-state index contributed by atoms with van der Waals surface area (Å²) in [5, 5.41) is 20.7. The minimum atomic E-state index is -0.425. The Bertz CT molecular complexity index is 615. The van der Waals surface area contributed by atoms with E-state index in [0.29, 0.717) is 13.0 Å². The van der Waals surface area contributed by atoms with E-state index < -0.39 is 12.2 Å². The Morgan fingerprint density at radius 3 is 2.92 bits per heavy atom. The summed E-state index contributed by atoms with van der Waals surface area (Å²) in [7, 11) is 0. The standard InChI is InChI=1S/C22H33NO3/c1-2-3-4-9-16(24)11-12-17-19(25)14-20-21(17)18-10-5-7-15(8-6-13-23)22(18)26-20/h5,7,10-12,16-17,19-21,24-25H,2-4,6,8-9,13-14,23H2,1H3/b12-11+/t16-,17-,19+,20-,21-/m0/s1. The van der Waals surface area contributed by atoms with E-state index in [1.165, 1.54) is 11.1 Å². The van der Waals surface area contributed by atoms with Gasteiger partial charge < -0.3 is 20.7 Å². The highest BCUT2D eigenvalue weighted by atomic mass is 16.5. The van der Waals surface area contributed by atoms with Crippen LogP contribution in [0.15, 0.2) is 30.4 Å². The molecule has 4 nitrogen and oxygen atoms in total. The first kappa shape index (κ1) is 19.4. The Morgan fingerprint density at radius 1 is 1.31 bits per heavy atom. The molecule has 0 saturated heterocycles. The molecule has 1 aliphatic heterocycles. The van der Waals surface area contributed by atoms with Crippen LogP contribution in [0.2, 0.25) is 0 Å². The maximum Gasteiger partial charge on any atom is 0.126 e. The van der Waals surface area contributed by atoms with Crippen LogP contribution < -0.4 is 10.5 Å². The molecular formula is C22H33NO3. The van der Waals surface area contributed by atoms with Crippen molar-refractivity contribution in [3.8, 4) is 5.75 Å². The van der Waals surface area contributed by atoms with Gasteiger partial charge in [0.1, 0.15) is 11.9 Å². The molecule has 1 aliphatic carbocycles. The van der Waals surface area contributed by atoms with Crippen molar-refractivity contribution in [2.75, 3.05) is 6.54 Å². The molecular weight excluding hydrogens is 326 g/mol. The Morgan fingerprint density at radius 2 is 2.15 bits per heavy atom. The van der Waals surface area contributed by atoms with Crippen molar-refractivity contribution in [2.45, 2.75) is 76.1 Å². The fraction of sp³-hybridized carbons (Fsp3) is 0.636. The van der Waals surface area contributed by atoms with Crippen LogP contribution in [0.3, 0.4) is 0 Å². The van der Waals surface area contributed by atoms with Gasteiger partial charge in [0.25, 0.3) is 0 Å². The molecule has 144 valence electrons. The minimum absolute atomic E-state index is 0.00633. The summed E-state index contributed by atoms with van der Waals surface area (Å²) in [6.45, 7) is 2.84. The Kier molecular flexibility index (Phi) is 6.74. The number of para-hydroxylation sites is 1. The fourth-order valence-corrected chi connectivity index (χ4v) is 4.41. The highest BCUT2D eigenvalue weighted by molar-refractivity contribution is 5.49. The minimum Gasteiger partial charge on any atom is -0.489 e. The summed E-state index contributed by atoms with van der Waals surface area (Å²) in [5.74, 6) is 1.19. The maximum atomic E-state index is 10.5. The zero-order chi connectivity index (χ0) is 18.5. The first-order chi connectivity index (χ1) is 12.7. The third kappa shape index (κ3) is 4.13. The SMILES string of the molecule is CCCCC[C@H](O)/C=C/[C@@H]1[C@H]2c3cccc(CCCN)c3O[C@H]2C[C@H]1O. The molecule has 1 aromatic carbocycles. The Balaban J connectivity index is 1.73. The second kappa shape index (κ2) is 9.03. The topological polar surface area (TPSA) is 75.7 Å². The highest BCUT2D eigenvalue weighted by Crippen LogP contribution is 2.52. The summed E-state index contributed by atoms with van der Waals surface area (Å²) in [6, 6.07) is 6.33. The summed E-state index contributed by atoms with van der Waals surface area (Å²) >= 11 is 0. The lowest BCUT2D eigenvalue weighted by molar-refractivity contribution is 0.135. The molecule has 0 aromatic heterocycles. The predicted molar refractivity (Wildman–Crippen MR) is 104 cm³/mol. The first-order valence-corrected chi connectivity index (χ1v) is 10.2. The monoisotopic (exact) mass is 359 g/mol. The van der Waals surface area contributed by atoms with E-state index in [2.05, 4.69) is 25.1 Å². The van der Waals surface area contributed by atoms with Crippen LogP contribution in [0.25, 0.3) is 0 Å². The number of unbranched alkanes of at least 4 members (excludes halogenated alkanes) is 2. The molecule has 2 aliphatic rings. The van der Waals surface area contributed by atoms with E-state index in [1.54, 1.807) is 0 Å². The molecule has 4 heteroatoms. The first-order valence-electron chi connectivity index (χ1n) is 10.2. The second-order valence-electron chi connectivity index (χ2n) is 7.74. The van der Waals surface area contributed by atoms with Crippen molar-refractivity contribution in [1.82, 2.24) is 0 Å². The largest absolute Gasteiger partial charge is 0.489 e. The van der Waals surface area contributed by atoms with Crippen LogP contribution in [-0.2, 0) is 6.42 Å². The molecule has 4 N–H and O–H groups in total. The van der Waals surface area contributed by atoms with Gasteiger partial charge >= 0.3 is 0 Å². The summed E-state index contributed by atoms with van der Waals surface area (Å²) < 4.78 is 6.25. The normalized spacial score (nSPS) is 28.2. The van der Waals surface area contributed by atoms with Gasteiger partial charge in [-0.05, 0) is 31.4 Å². The zero-order valence-corrected chi connectivity index (χ0v) is 15.8. The third-order valence-electron chi connectivity index (χ3n) is 5.80. The average molecular weight is 360 g/mol. The molecule has 26 heavy (non-hydrogen) atoms. The Labute approximate surface area is 157 Å². The molecule has 1 saturated carbocycles. The van der Waals surface area contributed by atoms with Crippen LogP contribution in [0.4, 0.5) is 0 Å². The van der Waals surface area contributed by atoms with Gasteiger partial charge in [0, 0.05) is 23.8 Å². The summed E-state index contributed by atoms with van der Waals surface area (Å²) in [4.78, 5) is 0. The van der Waals surface area contributed by atoms with Crippen LogP contribution in [0.1, 0.15) is 62.5 Å². The predicted octanol–water partition coefficient (Wildman–Crippen LogP) is 3.30. The van der Waals surface area contributed by atoms with Crippen LogP contribution >= 0.6 is 0 Å². The number of ether oxygens (including phenoxy) is 1. The molecule has 1 heterocycles. The van der Waals surface area contributed by atoms with Crippen molar-refractivity contribution in [3.63, 3.8) is 0 Å². The number of nitrogens with two attached hydrogens (primary N) is 1. The van der Waals surface area contributed by atoms with Gasteiger partial charge in [-0.2, -0.15) is 0 Å². The summed E-state index contributed by atoms with van der Waals surface area (Å²) in [5.41, 5.74) is 8.08. The number of aliphatic hydroxyl groups excluding tert-OH is 2.